The third kappa shape index (κ3) is 14.3. The number of halogens is 1. The molecular weight excluding hydrogens is 93.5 g/mol. The summed E-state index contributed by atoms with van der Waals surface area (Å²) in [7, 11) is 0. The summed E-state index contributed by atoms with van der Waals surface area (Å²) < 4.78 is 0. The van der Waals surface area contributed by atoms with Gasteiger partial charge in [-0.3, -0.25) is 4.84 Å². The Balaban J connectivity index is 0. The molecular formula is CH6ClNO2. The number of rotatable bonds is 1. The fourth-order valence-corrected chi connectivity index (χ4v) is 0. The lowest BCUT2D eigenvalue weighted by atomic mass is 11.7. The van der Waals surface area contributed by atoms with E-state index in [4.69, 9.17) is 11.6 Å². The molecule has 0 aliphatic carbocycles. The van der Waals surface area contributed by atoms with Crippen LogP contribution in [0.15, 0.2) is 0 Å². The van der Waals surface area contributed by atoms with E-state index in [0.717, 1.165) is 0 Å². The van der Waals surface area contributed by atoms with Gasteiger partial charge in [0.25, 0.3) is 0 Å². The number of alkyl halides is 1. The van der Waals surface area contributed by atoms with Gasteiger partial charge >= 0.3 is 0 Å². The van der Waals surface area contributed by atoms with Crippen LogP contribution in [0, 0.1) is 0 Å². The fourth-order valence-electron chi connectivity index (χ4n) is 0. The van der Waals surface area contributed by atoms with Gasteiger partial charge in [0.1, 0.15) is 6.07 Å². The summed E-state index contributed by atoms with van der Waals surface area (Å²) in [4.78, 5) is 3.81. The number of hydrogen-bond donors (Lipinski definition) is 1. The van der Waals surface area contributed by atoms with Gasteiger partial charge < -0.3 is 5.48 Å². The molecule has 0 saturated heterocycles. The van der Waals surface area contributed by atoms with Crippen LogP contribution < -0.4 is 5.90 Å². The fraction of sp³-hybridized carbons (Fsp3) is 1.00. The van der Waals surface area contributed by atoms with Gasteiger partial charge in [0.15, 0.2) is 0 Å². The first-order valence-electron chi connectivity index (χ1n) is 0.792. The molecule has 4 heteroatoms. The molecule has 0 saturated carbocycles. The van der Waals surface area contributed by atoms with Crippen LogP contribution in [0.3, 0.4) is 0 Å². The van der Waals surface area contributed by atoms with Crippen molar-refractivity contribution in [2.75, 3.05) is 6.07 Å². The van der Waals surface area contributed by atoms with Gasteiger partial charge in [-0.15, -0.1) is 0 Å². The molecule has 0 fully saturated rings. The van der Waals surface area contributed by atoms with Gasteiger partial charge in [-0.1, -0.05) is 11.6 Å². The lowest BCUT2D eigenvalue weighted by Gasteiger charge is -1.73. The zero-order chi connectivity index (χ0) is 3.41. The minimum Gasteiger partial charge on any atom is -0.412 e. The molecule has 4 N–H and O–H groups in total. The second-order valence-electron chi connectivity index (χ2n) is 0.276. The second kappa shape index (κ2) is 8.90. The van der Waals surface area contributed by atoms with E-state index in [1.807, 2.05) is 0 Å². The molecule has 0 rings (SSSR count). The molecule has 0 spiro atoms. The maximum Gasteiger partial charge on any atom is 0.142 e. The standard InChI is InChI=1S/CH4ClNO.H2O/c2-1-4-3;/h1,3H2;1H2. The largest absolute Gasteiger partial charge is 0.412 e. The van der Waals surface area contributed by atoms with Crippen LogP contribution in [-0.2, 0) is 4.84 Å². The number of hydrogen-bond acceptors (Lipinski definition) is 2. The molecule has 0 bridgehead atoms. The third-order valence-corrected chi connectivity index (χ3v) is 0.189. The molecule has 0 aromatic heterocycles. The molecule has 5 heavy (non-hydrogen) atoms. The van der Waals surface area contributed by atoms with Crippen molar-refractivity contribution in [3.8, 4) is 0 Å². The molecule has 34 valence electrons. The molecule has 3 nitrogen and oxygen atoms in total. The van der Waals surface area contributed by atoms with Crippen molar-refractivity contribution in [2.24, 2.45) is 5.90 Å². The number of nitrogens with two attached hydrogens (primary N) is 1. The van der Waals surface area contributed by atoms with Crippen LogP contribution in [0.25, 0.3) is 0 Å². The Labute approximate surface area is 34.9 Å². The van der Waals surface area contributed by atoms with Crippen LogP contribution >= 0.6 is 11.6 Å². The topological polar surface area (TPSA) is 66.8 Å². The first kappa shape index (κ1) is 8.95. The summed E-state index contributed by atoms with van der Waals surface area (Å²) in [5.41, 5.74) is 0. The second-order valence-corrected chi connectivity index (χ2v) is 0.494. The van der Waals surface area contributed by atoms with Gasteiger partial charge in [0, 0.05) is 0 Å². The lowest BCUT2D eigenvalue weighted by molar-refractivity contribution is 0.186. The molecule has 0 aliphatic rings. The molecule has 0 radical (unpaired) electrons. The Bertz CT molecular complexity index is 11.6. The van der Waals surface area contributed by atoms with E-state index in [-0.39, 0.29) is 11.5 Å². The average molecular weight is 99.5 g/mol. The first-order valence-corrected chi connectivity index (χ1v) is 1.33. The van der Waals surface area contributed by atoms with Crippen molar-refractivity contribution in [3.63, 3.8) is 0 Å². The summed E-state index contributed by atoms with van der Waals surface area (Å²) in [6, 6.07) is 0.0694. The molecule has 0 aromatic carbocycles. The van der Waals surface area contributed by atoms with Crippen molar-refractivity contribution in [3.05, 3.63) is 0 Å². The molecule has 0 atom stereocenters. The first-order chi connectivity index (χ1) is 1.91. The quantitative estimate of drug-likeness (QED) is 0.347. The zero-order valence-corrected chi connectivity index (χ0v) is 3.33. The van der Waals surface area contributed by atoms with E-state index < -0.39 is 0 Å². The van der Waals surface area contributed by atoms with Gasteiger partial charge in [0.2, 0.25) is 0 Å². The zero-order valence-electron chi connectivity index (χ0n) is 2.57. The van der Waals surface area contributed by atoms with E-state index in [1.165, 1.54) is 0 Å². The molecule has 0 aromatic rings. The normalized spacial score (nSPS) is 6.00. The van der Waals surface area contributed by atoms with E-state index in [0.29, 0.717) is 0 Å². The van der Waals surface area contributed by atoms with E-state index in [2.05, 4.69) is 10.7 Å². The predicted molar refractivity (Wildman–Crippen MR) is 19.6 cm³/mol. The summed E-state index contributed by atoms with van der Waals surface area (Å²) in [5, 5.41) is 0. The predicted octanol–water partition coefficient (Wildman–Crippen LogP) is -0.752. The summed E-state index contributed by atoms with van der Waals surface area (Å²) >= 11 is 4.84. The lowest BCUT2D eigenvalue weighted by Crippen LogP contribution is -1.92. The molecule has 0 heterocycles. The Hall–Kier alpha value is 0.170. The van der Waals surface area contributed by atoms with Gasteiger partial charge in [0.05, 0.1) is 0 Å². The van der Waals surface area contributed by atoms with Crippen molar-refractivity contribution < 1.29 is 10.3 Å². The van der Waals surface area contributed by atoms with Crippen LogP contribution in [-0.4, -0.2) is 11.5 Å². The van der Waals surface area contributed by atoms with Crippen LogP contribution in [0.1, 0.15) is 0 Å². The summed E-state index contributed by atoms with van der Waals surface area (Å²) in [6.45, 7) is 0. The van der Waals surface area contributed by atoms with E-state index in [1.54, 1.807) is 0 Å². The Morgan fingerprint density at radius 2 is 2.00 bits per heavy atom. The maximum atomic E-state index is 4.84. The highest BCUT2D eigenvalue weighted by molar-refractivity contribution is 6.17. The Kier molecular flexibility index (Phi) is 15.9. The average Bonchev–Trinajstić information content (AvgIpc) is 1.37. The highest BCUT2D eigenvalue weighted by atomic mass is 35.5. The van der Waals surface area contributed by atoms with Crippen LogP contribution in [0.2, 0.25) is 0 Å². The van der Waals surface area contributed by atoms with Crippen molar-refractivity contribution in [2.45, 2.75) is 0 Å². The molecule has 0 aliphatic heterocycles. The van der Waals surface area contributed by atoms with Crippen molar-refractivity contribution >= 4 is 11.6 Å². The highest BCUT2D eigenvalue weighted by Gasteiger charge is 1.54. The van der Waals surface area contributed by atoms with Gasteiger partial charge in [-0.05, 0) is 0 Å². The maximum absolute atomic E-state index is 4.84. The van der Waals surface area contributed by atoms with Crippen LogP contribution in [0.5, 0.6) is 0 Å². The minimum atomic E-state index is 0. The smallest absolute Gasteiger partial charge is 0.142 e. The minimum absolute atomic E-state index is 0. The van der Waals surface area contributed by atoms with E-state index in [9.17, 15) is 0 Å². The third-order valence-electron chi connectivity index (χ3n) is 0.0630. The summed E-state index contributed by atoms with van der Waals surface area (Å²) in [6.07, 6.45) is 0. The highest BCUT2D eigenvalue weighted by Crippen LogP contribution is 1.63. The van der Waals surface area contributed by atoms with Gasteiger partial charge in [-0.2, -0.15) is 0 Å². The summed E-state index contributed by atoms with van der Waals surface area (Å²) in [5.74, 6) is 4.40. The van der Waals surface area contributed by atoms with Crippen LogP contribution in [0.4, 0.5) is 0 Å². The Morgan fingerprint density at radius 3 is 2.00 bits per heavy atom. The SMILES string of the molecule is NOCCl.O. The van der Waals surface area contributed by atoms with Gasteiger partial charge in [-0.25, -0.2) is 5.90 Å². The van der Waals surface area contributed by atoms with E-state index >= 15 is 0 Å². The van der Waals surface area contributed by atoms with Crippen molar-refractivity contribution in [1.82, 2.24) is 0 Å². The molecule has 0 unspecified atom stereocenters. The van der Waals surface area contributed by atoms with Crippen molar-refractivity contribution in [1.29, 1.82) is 0 Å². The molecule has 0 amide bonds. The monoisotopic (exact) mass is 99.0 g/mol. The Morgan fingerprint density at radius 1 is 1.80 bits per heavy atom.